The number of aromatic nitrogens is 3. The SMILES string of the molecule is COc1cc(C(=O)NCC2(c3cc(C(C)(C)O)c(F)c(-c4ccc(F)cc4)n3)OCCCO2)cc2cc(C)nnc12. The highest BCUT2D eigenvalue weighted by molar-refractivity contribution is 5.99. The van der Waals surface area contributed by atoms with Crippen molar-refractivity contribution < 1.29 is 32.9 Å². The van der Waals surface area contributed by atoms with Crippen molar-refractivity contribution >= 4 is 16.8 Å². The van der Waals surface area contributed by atoms with Gasteiger partial charge in [0.25, 0.3) is 5.91 Å². The van der Waals surface area contributed by atoms with Crippen LogP contribution in [0.2, 0.25) is 0 Å². The Hall–Kier alpha value is -4.06. The van der Waals surface area contributed by atoms with Crippen molar-refractivity contribution in [2.75, 3.05) is 26.9 Å². The van der Waals surface area contributed by atoms with Crippen LogP contribution in [0.3, 0.4) is 0 Å². The van der Waals surface area contributed by atoms with Crippen LogP contribution >= 0.6 is 0 Å². The van der Waals surface area contributed by atoms with Gasteiger partial charge in [0.1, 0.15) is 28.5 Å². The summed E-state index contributed by atoms with van der Waals surface area (Å²) in [6, 6.07) is 11.6. The topological polar surface area (TPSA) is 116 Å². The highest BCUT2D eigenvalue weighted by Gasteiger charge is 2.41. The second kappa shape index (κ2) is 11.1. The molecule has 0 radical (unpaired) electrons. The van der Waals surface area contributed by atoms with Crippen molar-refractivity contribution in [2.24, 2.45) is 0 Å². The van der Waals surface area contributed by atoms with Crippen molar-refractivity contribution in [3.8, 4) is 17.0 Å². The van der Waals surface area contributed by atoms with E-state index in [0.717, 1.165) is 0 Å². The van der Waals surface area contributed by atoms with E-state index in [9.17, 15) is 14.3 Å². The van der Waals surface area contributed by atoms with Gasteiger partial charge in [0.05, 0.1) is 38.2 Å². The van der Waals surface area contributed by atoms with Gasteiger partial charge in [0.2, 0.25) is 5.79 Å². The first-order valence-electron chi connectivity index (χ1n) is 13.1. The van der Waals surface area contributed by atoms with E-state index in [0.29, 0.717) is 53.1 Å². The Morgan fingerprint density at radius 2 is 1.80 bits per heavy atom. The van der Waals surface area contributed by atoms with Gasteiger partial charge in [-0.05, 0) is 75.7 Å². The maximum absolute atomic E-state index is 15.7. The third kappa shape index (κ3) is 5.74. The van der Waals surface area contributed by atoms with Crippen molar-refractivity contribution in [3.63, 3.8) is 0 Å². The molecule has 2 aromatic heterocycles. The maximum Gasteiger partial charge on any atom is 0.251 e. The average molecular weight is 565 g/mol. The smallest absolute Gasteiger partial charge is 0.251 e. The number of aryl methyl sites for hydroxylation is 1. The molecular weight excluding hydrogens is 534 g/mol. The number of benzene rings is 2. The van der Waals surface area contributed by atoms with Gasteiger partial charge in [0, 0.05) is 22.1 Å². The normalized spacial score (nSPS) is 15.1. The molecule has 1 saturated heterocycles. The fourth-order valence-corrected chi connectivity index (χ4v) is 4.70. The van der Waals surface area contributed by atoms with E-state index in [1.807, 2.05) is 0 Å². The Morgan fingerprint density at radius 1 is 1.10 bits per heavy atom. The summed E-state index contributed by atoms with van der Waals surface area (Å²) in [5.74, 6) is -2.89. The van der Waals surface area contributed by atoms with Gasteiger partial charge >= 0.3 is 0 Å². The zero-order valence-electron chi connectivity index (χ0n) is 23.1. The van der Waals surface area contributed by atoms with Crippen LogP contribution in [-0.4, -0.2) is 53.1 Å². The van der Waals surface area contributed by atoms with E-state index >= 15 is 4.39 Å². The lowest BCUT2D eigenvalue weighted by molar-refractivity contribution is -0.274. The molecule has 3 heterocycles. The monoisotopic (exact) mass is 564 g/mol. The third-order valence-electron chi connectivity index (χ3n) is 6.82. The molecular formula is C30H30F2N4O5. The lowest BCUT2D eigenvalue weighted by Crippen LogP contribution is -2.48. The Kier molecular flexibility index (Phi) is 7.69. The summed E-state index contributed by atoms with van der Waals surface area (Å²) >= 11 is 0. The molecule has 1 fully saturated rings. The fraction of sp³-hybridized carbons (Fsp3) is 0.333. The molecule has 4 aromatic rings. The molecule has 2 N–H and O–H groups in total. The minimum absolute atomic E-state index is 0.0546. The van der Waals surface area contributed by atoms with Gasteiger partial charge in [0.15, 0.2) is 5.82 Å². The van der Waals surface area contributed by atoms with Gasteiger partial charge in [-0.1, -0.05) is 0 Å². The quantitative estimate of drug-likeness (QED) is 0.336. The number of pyridine rings is 1. The summed E-state index contributed by atoms with van der Waals surface area (Å²) in [4.78, 5) is 17.9. The zero-order valence-corrected chi connectivity index (χ0v) is 23.1. The van der Waals surface area contributed by atoms with Gasteiger partial charge in [-0.15, -0.1) is 5.10 Å². The van der Waals surface area contributed by atoms with Crippen molar-refractivity contribution in [1.29, 1.82) is 0 Å². The van der Waals surface area contributed by atoms with Crippen LogP contribution in [0.5, 0.6) is 5.75 Å². The summed E-state index contributed by atoms with van der Waals surface area (Å²) in [6.45, 7) is 5.10. The predicted molar refractivity (Wildman–Crippen MR) is 146 cm³/mol. The molecule has 9 nitrogen and oxygen atoms in total. The number of nitrogens with one attached hydrogen (secondary N) is 1. The first-order chi connectivity index (χ1) is 19.5. The molecule has 1 aliphatic rings. The molecule has 41 heavy (non-hydrogen) atoms. The summed E-state index contributed by atoms with van der Waals surface area (Å²) in [5.41, 5.74) is 0.197. The Morgan fingerprint density at radius 3 is 2.46 bits per heavy atom. The maximum atomic E-state index is 15.7. The van der Waals surface area contributed by atoms with Gasteiger partial charge in [-0.3, -0.25) is 4.79 Å². The molecule has 11 heteroatoms. The number of hydrogen-bond donors (Lipinski definition) is 2. The highest BCUT2D eigenvalue weighted by Crippen LogP contribution is 2.37. The average Bonchev–Trinajstić information content (AvgIpc) is 2.95. The molecule has 0 bridgehead atoms. The second-order valence-corrected chi connectivity index (χ2v) is 10.4. The Bertz CT molecular complexity index is 1600. The molecule has 1 amide bonds. The minimum Gasteiger partial charge on any atom is -0.494 e. The first-order valence-corrected chi connectivity index (χ1v) is 13.1. The van der Waals surface area contributed by atoms with E-state index in [1.54, 1.807) is 25.1 Å². The number of rotatable bonds is 7. The number of halogens is 2. The number of carbonyl (C=O) groups is 1. The van der Waals surface area contributed by atoms with Crippen molar-refractivity contribution in [2.45, 2.75) is 38.6 Å². The lowest BCUT2D eigenvalue weighted by atomic mass is 9.93. The molecule has 0 saturated carbocycles. The number of carbonyl (C=O) groups excluding carboxylic acids is 1. The van der Waals surface area contributed by atoms with Crippen LogP contribution in [0.4, 0.5) is 8.78 Å². The summed E-state index contributed by atoms with van der Waals surface area (Å²) in [7, 11) is 1.48. The van der Waals surface area contributed by atoms with Crippen LogP contribution in [0.1, 0.15) is 47.6 Å². The molecule has 0 atom stereocenters. The summed E-state index contributed by atoms with van der Waals surface area (Å²) in [6.07, 6.45) is 0.600. The number of fused-ring (bicyclic) bond motifs is 1. The molecule has 0 aliphatic carbocycles. The first kappa shape index (κ1) is 28.5. The summed E-state index contributed by atoms with van der Waals surface area (Å²) < 4.78 is 46.9. The number of amides is 1. The standard InChI is InChI=1S/C30H30F2N4O5/c1-17-12-19-13-20(14-23(39-4)26(19)36-35-17)28(37)33-16-30(40-10-5-11-41-30)24-15-22(29(2,3)38)25(32)27(34-24)18-6-8-21(31)9-7-18/h6-9,12-15,38H,5,10-11,16H2,1-4H3,(H,33,37). The number of methoxy groups -OCH3 is 1. The number of nitrogens with zero attached hydrogens (tertiary/aromatic N) is 3. The van der Waals surface area contributed by atoms with E-state index in [4.69, 9.17) is 14.2 Å². The molecule has 5 rings (SSSR count). The van der Waals surface area contributed by atoms with Crippen LogP contribution in [0.25, 0.3) is 22.2 Å². The minimum atomic E-state index is -1.60. The van der Waals surface area contributed by atoms with Crippen molar-refractivity contribution in [1.82, 2.24) is 20.5 Å². The Labute approximate surface area is 235 Å². The summed E-state index contributed by atoms with van der Waals surface area (Å²) in [5, 5.41) is 22.6. The zero-order chi connectivity index (χ0) is 29.4. The van der Waals surface area contributed by atoms with Crippen LogP contribution < -0.4 is 10.1 Å². The number of ether oxygens (including phenoxy) is 3. The lowest BCUT2D eigenvalue weighted by Gasteiger charge is -2.37. The molecule has 0 spiro atoms. The van der Waals surface area contributed by atoms with E-state index < -0.39 is 28.9 Å². The molecule has 0 unspecified atom stereocenters. The second-order valence-electron chi connectivity index (χ2n) is 10.4. The Balaban J connectivity index is 1.54. The van der Waals surface area contributed by atoms with Crippen LogP contribution in [-0.2, 0) is 20.9 Å². The van der Waals surface area contributed by atoms with Gasteiger partial charge < -0.3 is 24.6 Å². The largest absolute Gasteiger partial charge is 0.494 e. The van der Waals surface area contributed by atoms with Crippen LogP contribution in [0.15, 0.2) is 48.5 Å². The number of aliphatic hydroxyl groups is 1. The van der Waals surface area contributed by atoms with Gasteiger partial charge in [-0.2, -0.15) is 5.10 Å². The highest BCUT2D eigenvalue weighted by atomic mass is 19.1. The van der Waals surface area contributed by atoms with E-state index in [1.165, 1.54) is 51.3 Å². The van der Waals surface area contributed by atoms with Gasteiger partial charge in [-0.25, -0.2) is 13.8 Å². The van der Waals surface area contributed by atoms with Crippen LogP contribution in [0, 0.1) is 18.6 Å². The van der Waals surface area contributed by atoms with E-state index in [2.05, 4.69) is 20.5 Å². The fourth-order valence-electron chi connectivity index (χ4n) is 4.70. The molecule has 1 aliphatic heterocycles. The van der Waals surface area contributed by atoms with E-state index in [-0.39, 0.29) is 23.5 Å². The third-order valence-corrected chi connectivity index (χ3v) is 6.82. The van der Waals surface area contributed by atoms with Crippen molar-refractivity contribution in [3.05, 3.63) is 82.7 Å². The number of hydrogen-bond acceptors (Lipinski definition) is 8. The predicted octanol–water partition coefficient (Wildman–Crippen LogP) is 4.53. The molecule has 214 valence electrons. The molecule has 2 aromatic carbocycles.